The summed E-state index contributed by atoms with van der Waals surface area (Å²) in [6, 6.07) is 6.24. The molecule has 2 heterocycles. The first-order valence-electron chi connectivity index (χ1n) is 7.21. The lowest BCUT2D eigenvalue weighted by Crippen LogP contribution is -2.31. The number of hydrogen-bond donors (Lipinski definition) is 3. The van der Waals surface area contributed by atoms with Gasteiger partial charge >= 0.3 is 6.03 Å². The van der Waals surface area contributed by atoms with E-state index in [1.165, 1.54) is 0 Å². The van der Waals surface area contributed by atoms with Crippen molar-refractivity contribution in [2.45, 2.75) is 18.9 Å². The molecule has 22 heavy (non-hydrogen) atoms. The van der Waals surface area contributed by atoms with Crippen molar-refractivity contribution in [3.8, 4) is 0 Å². The molecule has 3 rings (SSSR count). The number of carbonyl (C=O) groups excluding carboxylic acids is 3. The van der Waals surface area contributed by atoms with Crippen LogP contribution >= 0.6 is 0 Å². The van der Waals surface area contributed by atoms with Crippen molar-refractivity contribution in [3.63, 3.8) is 0 Å². The Morgan fingerprint density at radius 1 is 1.27 bits per heavy atom. The Hall–Kier alpha value is -2.41. The van der Waals surface area contributed by atoms with Crippen molar-refractivity contribution in [1.29, 1.82) is 0 Å². The monoisotopic (exact) mass is 303 g/mol. The van der Waals surface area contributed by atoms with Crippen molar-refractivity contribution < 1.29 is 19.1 Å². The Kier molecular flexibility index (Phi) is 4.06. The van der Waals surface area contributed by atoms with Crippen LogP contribution in [0.15, 0.2) is 24.3 Å². The number of benzene rings is 1. The molecule has 0 bridgehead atoms. The lowest BCUT2D eigenvalue weighted by molar-refractivity contribution is -0.120. The van der Waals surface area contributed by atoms with Gasteiger partial charge in [0.15, 0.2) is 0 Å². The third-order valence-corrected chi connectivity index (χ3v) is 3.82. The van der Waals surface area contributed by atoms with Gasteiger partial charge in [-0.3, -0.25) is 14.9 Å². The van der Waals surface area contributed by atoms with Gasteiger partial charge in [-0.05, 0) is 24.1 Å². The van der Waals surface area contributed by atoms with Crippen LogP contribution < -0.4 is 16.0 Å². The van der Waals surface area contributed by atoms with Crippen LogP contribution in [0.3, 0.4) is 0 Å². The Morgan fingerprint density at radius 3 is 2.64 bits per heavy atom. The second-order valence-electron chi connectivity index (χ2n) is 5.47. The second-order valence-corrected chi connectivity index (χ2v) is 5.47. The summed E-state index contributed by atoms with van der Waals surface area (Å²) in [6.45, 7) is 1.10. The van der Waals surface area contributed by atoms with Crippen LogP contribution in [0.2, 0.25) is 0 Å². The van der Waals surface area contributed by atoms with Crippen LogP contribution in [0.25, 0.3) is 0 Å². The van der Waals surface area contributed by atoms with Crippen molar-refractivity contribution >= 4 is 23.5 Å². The molecule has 7 nitrogen and oxygen atoms in total. The molecule has 2 aliphatic heterocycles. The summed E-state index contributed by atoms with van der Waals surface area (Å²) in [4.78, 5) is 34.5. The van der Waals surface area contributed by atoms with E-state index in [9.17, 15) is 14.4 Å². The smallest absolute Gasteiger partial charge is 0.322 e. The lowest BCUT2D eigenvalue weighted by Gasteiger charge is -2.11. The molecule has 1 aromatic carbocycles. The molecule has 4 amide bonds. The minimum atomic E-state index is -0.538. The van der Waals surface area contributed by atoms with Crippen molar-refractivity contribution in [2.75, 3.05) is 18.5 Å². The second kappa shape index (κ2) is 6.15. The van der Waals surface area contributed by atoms with Gasteiger partial charge in [-0.15, -0.1) is 0 Å². The van der Waals surface area contributed by atoms with E-state index in [4.69, 9.17) is 4.74 Å². The number of amides is 4. The molecule has 7 heteroatoms. The molecule has 0 radical (unpaired) electrons. The summed E-state index contributed by atoms with van der Waals surface area (Å²) < 4.78 is 5.19. The molecule has 0 spiro atoms. The first kappa shape index (κ1) is 14.5. The van der Waals surface area contributed by atoms with E-state index in [0.717, 1.165) is 12.0 Å². The highest BCUT2D eigenvalue weighted by atomic mass is 16.5. The molecule has 116 valence electrons. The molecule has 0 aliphatic carbocycles. The third-order valence-electron chi connectivity index (χ3n) is 3.82. The van der Waals surface area contributed by atoms with Gasteiger partial charge in [0.2, 0.25) is 5.91 Å². The first-order valence-corrected chi connectivity index (χ1v) is 7.21. The van der Waals surface area contributed by atoms with Crippen LogP contribution in [0, 0.1) is 5.92 Å². The molecular formula is C15H17N3O4. The normalized spacial score (nSPS) is 24.0. The molecule has 2 atom stereocenters. The van der Waals surface area contributed by atoms with Gasteiger partial charge in [-0.1, -0.05) is 12.1 Å². The van der Waals surface area contributed by atoms with E-state index in [1.54, 1.807) is 12.1 Å². The largest absolute Gasteiger partial charge is 0.381 e. The fraction of sp³-hybridized carbons (Fsp3) is 0.400. The topological polar surface area (TPSA) is 96.5 Å². The fourth-order valence-electron chi connectivity index (χ4n) is 2.55. The summed E-state index contributed by atoms with van der Waals surface area (Å²) in [7, 11) is 0. The molecule has 2 aliphatic rings. The highest BCUT2D eigenvalue weighted by Crippen LogP contribution is 2.17. The minimum absolute atomic E-state index is 0.0346. The standard InChI is InChI=1S/C15H17N3O4/c19-13(10-5-6-22-8-10)16-11-3-1-9(2-4-11)7-12-14(20)18-15(21)17-12/h1-4,10,12H,5-8H2,(H,16,19)(H2,17,18,20,21)/t10-,12?/m0/s1. The highest BCUT2D eigenvalue weighted by Gasteiger charge is 2.29. The maximum atomic E-state index is 12.0. The average Bonchev–Trinajstić information content (AvgIpc) is 3.12. The molecule has 2 fully saturated rings. The quantitative estimate of drug-likeness (QED) is 0.702. The molecule has 2 saturated heterocycles. The molecule has 3 N–H and O–H groups in total. The summed E-state index contributed by atoms with van der Waals surface area (Å²) in [5.41, 5.74) is 1.62. The Balaban J connectivity index is 1.57. The number of carbonyl (C=O) groups is 3. The number of urea groups is 1. The summed E-state index contributed by atoms with van der Waals surface area (Å²) in [5, 5.41) is 7.60. The number of nitrogens with one attached hydrogen (secondary N) is 3. The zero-order valence-electron chi connectivity index (χ0n) is 11.9. The summed E-state index contributed by atoms with van der Waals surface area (Å²) >= 11 is 0. The number of ether oxygens (including phenoxy) is 1. The maximum Gasteiger partial charge on any atom is 0.322 e. The van der Waals surface area contributed by atoms with Gasteiger partial charge in [-0.25, -0.2) is 4.79 Å². The molecule has 1 aromatic rings. The van der Waals surface area contributed by atoms with E-state index < -0.39 is 12.1 Å². The predicted octanol–water partition coefficient (Wildman–Crippen LogP) is 0.412. The number of rotatable bonds is 4. The van der Waals surface area contributed by atoms with Gasteiger partial charge in [0.05, 0.1) is 12.5 Å². The van der Waals surface area contributed by atoms with Gasteiger partial charge in [0, 0.05) is 18.7 Å². The van der Waals surface area contributed by atoms with Crippen molar-refractivity contribution in [2.24, 2.45) is 5.92 Å². The Bertz CT molecular complexity index is 593. The van der Waals surface area contributed by atoms with E-state index in [1.807, 2.05) is 12.1 Å². The molecular weight excluding hydrogens is 286 g/mol. The van der Waals surface area contributed by atoms with E-state index in [2.05, 4.69) is 16.0 Å². The highest BCUT2D eigenvalue weighted by molar-refractivity contribution is 6.04. The van der Waals surface area contributed by atoms with Crippen LogP contribution in [0.1, 0.15) is 12.0 Å². The van der Waals surface area contributed by atoms with E-state index >= 15 is 0 Å². The van der Waals surface area contributed by atoms with Gasteiger partial charge in [0.25, 0.3) is 5.91 Å². The fourth-order valence-corrected chi connectivity index (χ4v) is 2.55. The van der Waals surface area contributed by atoms with Crippen LogP contribution in [-0.2, 0) is 20.7 Å². The van der Waals surface area contributed by atoms with Gasteiger partial charge in [0.1, 0.15) is 6.04 Å². The Morgan fingerprint density at radius 2 is 2.05 bits per heavy atom. The Labute approximate surface area is 127 Å². The SMILES string of the molecule is O=C1NC(=O)C(Cc2ccc(NC(=O)[C@H]3CCOC3)cc2)N1. The molecule has 1 unspecified atom stereocenters. The summed E-state index contributed by atoms with van der Waals surface area (Å²) in [5.74, 6) is -0.437. The van der Waals surface area contributed by atoms with Crippen LogP contribution in [0.5, 0.6) is 0 Å². The predicted molar refractivity (Wildman–Crippen MR) is 78.2 cm³/mol. The average molecular weight is 303 g/mol. The zero-order chi connectivity index (χ0) is 15.5. The van der Waals surface area contributed by atoms with Crippen LogP contribution in [0.4, 0.5) is 10.5 Å². The number of anilines is 1. The third kappa shape index (κ3) is 3.25. The first-order chi connectivity index (χ1) is 10.6. The lowest BCUT2D eigenvalue weighted by atomic mass is 10.1. The maximum absolute atomic E-state index is 12.0. The van der Waals surface area contributed by atoms with Crippen molar-refractivity contribution in [3.05, 3.63) is 29.8 Å². The van der Waals surface area contributed by atoms with E-state index in [0.29, 0.717) is 25.3 Å². The molecule has 0 saturated carbocycles. The van der Waals surface area contributed by atoms with Crippen molar-refractivity contribution in [1.82, 2.24) is 10.6 Å². The zero-order valence-corrected chi connectivity index (χ0v) is 11.9. The van der Waals surface area contributed by atoms with Gasteiger partial charge in [-0.2, -0.15) is 0 Å². The number of hydrogen-bond acceptors (Lipinski definition) is 4. The van der Waals surface area contributed by atoms with E-state index in [-0.39, 0.29) is 17.7 Å². The number of imide groups is 1. The summed E-state index contributed by atoms with van der Waals surface area (Å²) in [6.07, 6.45) is 1.17. The van der Waals surface area contributed by atoms with Gasteiger partial charge < -0.3 is 15.4 Å². The molecule has 0 aromatic heterocycles. The van der Waals surface area contributed by atoms with Crippen LogP contribution in [-0.4, -0.2) is 37.1 Å². The minimum Gasteiger partial charge on any atom is -0.381 e.